The molecule has 0 aliphatic heterocycles. The molecule has 0 aliphatic rings. The van der Waals surface area contributed by atoms with Crippen LogP contribution in [0.15, 0.2) is 46.5 Å². The molecule has 0 atom stereocenters. The van der Waals surface area contributed by atoms with Crippen molar-refractivity contribution in [3.8, 4) is 0 Å². The van der Waals surface area contributed by atoms with E-state index in [2.05, 4.69) is 55.5 Å². The Bertz CT molecular complexity index is 540. The molecule has 0 aliphatic carbocycles. The number of rotatable bonds is 4. The molecule has 4 heteroatoms. The first-order valence-electron chi connectivity index (χ1n) is 6.43. The van der Waals surface area contributed by atoms with Crippen LogP contribution >= 0.6 is 11.8 Å². The maximum atomic E-state index is 4.21. The van der Waals surface area contributed by atoms with Crippen molar-refractivity contribution in [2.24, 2.45) is 7.05 Å². The summed E-state index contributed by atoms with van der Waals surface area (Å²) < 4.78 is 1.83. The van der Waals surface area contributed by atoms with Crippen molar-refractivity contribution in [2.75, 3.05) is 0 Å². The van der Waals surface area contributed by atoms with E-state index in [9.17, 15) is 0 Å². The molecule has 0 bridgehead atoms. The standard InChI is InChI=1S/C15H21N3S/c1-15(2,3)16-9-12-7-5-6-8-14(12)19-13-10-17-18(4)11-13/h5-8,10-11,16H,9H2,1-4H3. The van der Waals surface area contributed by atoms with Crippen LogP contribution in [0.25, 0.3) is 0 Å². The highest BCUT2D eigenvalue weighted by Crippen LogP contribution is 2.30. The van der Waals surface area contributed by atoms with Crippen molar-refractivity contribution < 1.29 is 0 Å². The summed E-state index contributed by atoms with van der Waals surface area (Å²) in [5, 5.41) is 7.74. The Labute approximate surface area is 119 Å². The molecule has 1 N–H and O–H groups in total. The SMILES string of the molecule is Cn1cc(Sc2ccccc2CNC(C)(C)C)cn1. The molecule has 1 aromatic carbocycles. The zero-order valence-corrected chi connectivity index (χ0v) is 12.8. The van der Waals surface area contributed by atoms with Crippen LogP contribution in [0.3, 0.4) is 0 Å². The Kier molecular flexibility index (Phi) is 4.32. The molecule has 2 aromatic rings. The Morgan fingerprint density at radius 2 is 2.00 bits per heavy atom. The Morgan fingerprint density at radius 3 is 2.63 bits per heavy atom. The highest BCUT2D eigenvalue weighted by atomic mass is 32.2. The average Bonchev–Trinajstić information content (AvgIpc) is 2.73. The zero-order valence-electron chi connectivity index (χ0n) is 12.0. The van der Waals surface area contributed by atoms with Gasteiger partial charge in [-0.15, -0.1) is 0 Å². The van der Waals surface area contributed by atoms with E-state index in [0.717, 1.165) is 6.54 Å². The molecule has 1 heterocycles. The van der Waals surface area contributed by atoms with Gasteiger partial charge in [0.15, 0.2) is 0 Å². The minimum atomic E-state index is 0.131. The van der Waals surface area contributed by atoms with E-state index in [0.29, 0.717) is 0 Å². The van der Waals surface area contributed by atoms with E-state index < -0.39 is 0 Å². The first kappa shape index (κ1) is 14.2. The van der Waals surface area contributed by atoms with E-state index in [1.54, 1.807) is 11.8 Å². The third-order valence-electron chi connectivity index (χ3n) is 2.69. The van der Waals surface area contributed by atoms with Crippen LogP contribution < -0.4 is 5.32 Å². The second kappa shape index (κ2) is 5.80. The number of hydrogen-bond acceptors (Lipinski definition) is 3. The highest BCUT2D eigenvalue weighted by molar-refractivity contribution is 7.99. The molecule has 0 radical (unpaired) electrons. The van der Waals surface area contributed by atoms with Gasteiger partial charge in [-0.05, 0) is 32.4 Å². The van der Waals surface area contributed by atoms with Crippen molar-refractivity contribution >= 4 is 11.8 Å². The van der Waals surface area contributed by atoms with Crippen LogP contribution in [0, 0.1) is 0 Å². The van der Waals surface area contributed by atoms with Gasteiger partial charge in [0.05, 0.1) is 11.1 Å². The number of hydrogen-bond donors (Lipinski definition) is 1. The lowest BCUT2D eigenvalue weighted by atomic mass is 10.1. The van der Waals surface area contributed by atoms with Crippen molar-refractivity contribution in [3.63, 3.8) is 0 Å². The molecule has 0 saturated carbocycles. The lowest BCUT2D eigenvalue weighted by molar-refractivity contribution is 0.422. The summed E-state index contributed by atoms with van der Waals surface area (Å²) in [6.45, 7) is 7.44. The highest BCUT2D eigenvalue weighted by Gasteiger charge is 2.11. The van der Waals surface area contributed by atoms with Crippen molar-refractivity contribution in [1.82, 2.24) is 15.1 Å². The minimum Gasteiger partial charge on any atom is -0.308 e. The topological polar surface area (TPSA) is 29.9 Å². The molecular formula is C15H21N3S. The lowest BCUT2D eigenvalue weighted by Gasteiger charge is -2.21. The van der Waals surface area contributed by atoms with Crippen LogP contribution in [0.4, 0.5) is 0 Å². The number of aromatic nitrogens is 2. The van der Waals surface area contributed by atoms with E-state index in [4.69, 9.17) is 0 Å². The predicted molar refractivity (Wildman–Crippen MR) is 80.4 cm³/mol. The number of aryl methyl sites for hydroxylation is 1. The van der Waals surface area contributed by atoms with E-state index in [1.165, 1.54) is 15.4 Å². The third kappa shape index (κ3) is 4.40. The fraction of sp³-hybridized carbons (Fsp3) is 0.400. The van der Waals surface area contributed by atoms with Crippen molar-refractivity contribution in [2.45, 2.75) is 42.6 Å². The van der Waals surface area contributed by atoms with Gasteiger partial charge >= 0.3 is 0 Å². The molecule has 0 spiro atoms. The quantitative estimate of drug-likeness (QED) is 0.926. The summed E-state index contributed by atoms with van der Waals surface area (Å²) in [6.07, 6.45) is 3.94. The Balaban J connectivity index is 2.12. The monoisotopic (exact) mass is 275 g/mol. The third-order valence-corrected chi connectivity index (χ3v) is 3.76. The van der Waals surface area contributed by atoms with Crippen LogP contribution in [-0.2, 0) is 13.6 Å². The Hall–Kier alpha value is -1.26. The molecule has 19 heavy (non-hydrogen) atoms. The summed E-state index contributed by atoms with van der Waals surface area (Å²) in [5.74, 6) is 0. The van der Waals surface area contributed by atoms with Gasteiger partial charge in [0.2, 0.25) is 0 Å². The van der Waals surface area contributed by atoms with Crippen LogP contribution in [0.5, 0.6) is 0 Å². The largest absolute Gasteiger partial charge is 0.308 e. The zero-order chi connectivity index (χ0) is 13.9. The first-order chi connectivity index (χ1) is 8.94. The molecule has 1 aromatic heterocycles. The maximum absolute atomic E-state index is 4.21. The molecular weight excluding hydrogens is 254 g/mol. The summed E-state index contributed by atoms with van der Waals surface area (Å²) in [5.41, 5.74) is 1.46. The van der Waals surface area contributed by atoms with E-state index >= 15 is 0 Å². The molecule has 0 fully saturated rings. The van der Waals surface area contributed by atoms with Gasteiger partial charge in [-0.3, -0.25) is 4.68 Å². The normalized spacial score (nSPS) is 11.8. The second-order valence-corrected chi connectivity index (χ2v) is 6.78. The van der Waals surface area contributed by atoms with Gasteiger partial charge in [-0.25, -0.2) is 0 Å². The molecule has 0 saturated heterocycles. The van der Waals surface area contributed by atoms with Crippen molar-refractivity contribution in [3.05, 3.63) is 42.2 Å². The summed E-state index contributed by atoms with van der Waals surface area (Å²) in [6, 6.07) is 8.51. The molecule has 3 nitrogen and oxygen atoms in total. The van der Waals surface area contributed by atoms with E-state index in [1.807, 2.05) is 24.1 Å². The van der Waals surface area contributed by atoms with Crippen LogP contribution in [-0.4, -0.2) is 15.3 Å². The molecule has 0 unspecified atom stereocenters. The van der Waals surface area contributed by atoms with E-state index in [-0.39, 0.29) is 5.54 Å². The fourth-order valence-corrected chi connectivity index (χ4v) is 2.67. The van der Waals surface area contributed by atoms with Gasteiger partial charge in [-0.1, -0.05) is 30.0 Å². The van der Waals surface area contributed by atoms with Gasteiger partial charge in [-0.2, -0.15) is 5.10 Å². The molecule has 2 rings (SSSR count). The summed E-state index contributed by atoms with van der Waals surface area (Å²) in [4.78, 5) is 2.46. The van der Waals surface area contributed by atoms with Gasteiger partial charge in [0, 0.05) is 30.2 Å². The Morgan fingerprint density at radius 1 is 1.26 bits per heavy atom. The van der Waals surface area contributed by atoms with Gasteiger partial charge in [0.1, 0.15) is 0 Å². The smallest absolute Gasteiger partial charge is 0.0629 e. The summed E-state index contributed by atoms with van der Waals surface area (Å²) in [7, 11) is 1.94. The van der Waals surface area contributed by atoms with Crippen LogP contribution in [0.2, 0.25) is 0 Å². The second-order valence-electron chi connectivity index (χ2n) is 5.66. The average molecular weight is 275 g/mol. The first-order valence-corrected chi connectivity index (χ1v) is 7.25. The number of benzene rings is 1. The van der Waals surface area contributed by atoms with Crippen LogP contribution in [0.1, 0.15) is 26.3 Å². The molecule has 0 amide bonds. The number of nitrogens with one attached hydrogen (secondary N) is 1. The molecule has 102 valence electrons. The number of nitrogens with zero attached hydrogens (tertiary/aromatic N) is 2. The maximum Gasteiger partial charge on any atom is 0.0629 e. The minimum absolute atomic E-state index is 0.131. The lowest BCUT2D eigenvalue weighted by Crippen LogP contribution is -2.35. The van der Waals surface area contributed by atoms with Gasteiger partial charge < -0.3 is 5.32 Å². The summed E-state index contributed by atoms with van der Waals surface area (Å²) >= 11 is 1.76. The predicted octanol–water partition coefficient (Wildman–Crippen LogP) is 3.46. The van der Waals surface area contributed by atoms with Crippen molar-refractivity contribution in [1.29, 1.82) is 0 Å². The fourth-order valence-electron chi connectivity index (χ4n) is 1.69. The van der Waals surface area contributed by atoms with Gasteiger partial charge in [0.25, 0.3) is 0 Å².